The maximum atomic E-state index is 11.5. The lowest BCUT2D eigenvalue weighted by molar-refractivity contribution is -0.141. The number of aromatic nitrogens is 2. The zero-order valence-electron chi connectivity index (χ0n) is 11.5. The Morgan fingerprint density at radius 1 is 1.40 bits per heavy atom. The normalized spacial score (nSPS) is 12.3. The minimum absolute atomic E-state index is 0.445. The molecular weight excluding hydrogens is 320 g/mol. The maximum Gasteiger partial charge on any atom is 0.307 e. The van der Waals surface area contributed by atoms with Gasteiger partial charge in [-0.3, -0.25) is 9.48 Å². The molecule has 0 fully saturated rings. The topological polar surface area (TPSA) is 55.1 Å². The Bertz CT molecular complexity index is 622. The number of carboxylic acids is 1. The highest BCUT2D eigenvalue weighted by Gasteiger charge is 2.20. The molecule has 0 amide bonds. The lowest BCUT2D eigenvalue weighted by atomic mass is 9.95. The van der Waals surface area contributed by atoms with Crippen LogP contribution in [-0.4, -0.2) is 20.9 Å². The van der Waals surface area contributed by atoms with Gasteiger partial charge >= 0.3 is 5.97 Å². The van der Waals surface area contributed by atoms with Gasteiger partial charge in [0.25, 0.3) is 0 Å². The van der Waals surface area contributed by atoms with Crippen molar-refractivity contribution in [2.75, 3.05) is 0 Å². The summed E-state index contributed by atoms with van der Waals surface area (Å²) in [6, 6.07) is 9.72. The number of carboxylic acid groups (broad SMARTS) is 1. The molecule has 4 nitrogen and oxygen atoms in total. The first-order valence-corrected chi connectivity index (χ1v) is 7.22. The molecule has 0 aliphatic rings. The summed E-state index contributed by atoms with van der Waals surface area (Å²) in [4.78, 5) is 11.5. The summed E-state index contributed by atoms with van der Waals surface area (Å²) in [6.45, 7) is 1.91. The molecule has 0 aliphatic heterocycles. The minimum Gasteiger partial charge on any atom is -0.481 e. The molecule has 1 aromatic carbocycles. The van der Waals surface area contributed by atoms with Gasteiger partial charge in [0.2, 0.25) is 0 Å². The average Bonchev–Trinajstić information content (AvgIpc) is 2.67. The number of rotatable bonds is 5. The first kappa shape index (κ1) is 14.8. The first-order chi connectivity index (χ1) is 9.45. The number of nitrogens with zero attached hydrogens (tertiary/aromatic N) is 2. The second kappa shape index (κ2) is 6.22. The Morgan fingerprint density at radius 2 is 2.15 bits per heavy atom. The van der Waals surface area contributed by atoms with Gasteiger partial charge < -0.3 is 5.11 Å². The number of aliphatic carboxylic acids is 1. The third-order valence-corrected chi connectivity index (χ3v) is 3.77. The van der Waals surface area contributed by atoms with E-state index >= 15 is 0 Å². The Balaban J connectivity index is 2.15. The number of hydrogen-bond donors (Lipinski definition) is 1. The summed E-state index contributed by atoms with van der Waals surface area (Å²) >= 11 is 3.41. The maximum absolute atomic E-state index is 11.5. The molecule has 1 atom stereocenters. The molecule has 1 N–H and O–H groups in total. The van der Waals surface area contributed by atoms with E-state index in [1.165, 1.54) is 0 Å². The van der Waals surface area contributed by atoms with Crippen LogP contribution in [0.5, 0.6) is 0 Å². The summed E-state index contributed by atoms with van der Waals surface area (Å²) in [6.07, 6.45) is 0.998. The third-order valence-electron chi connectivity index (χ3n) is 3.27. The van der Waals surface area contributed by atoms with Gasteiger partial charge in [-0.25, -0.2) is 0 Å². The fraction of sp³-hybridized carbons (Fsp3) is 0.333. The van der Waals surface area contributed by atoms with Crippen LogP contribution in [0.2, 0.25) is 0 Å². The molecule has 0 radical (unpaired) electrons. The molecule has 5 heteroatoms. The van der Waals surface area contributed by atoms with Crippen molar-refractivity contribution >= 4 is 21.9 Å². The van der Waals surface area contributed by atoms with Crippen molar-refractivity contribution in [3.05, 3.63) is 51.8 Å². The van der Waals surface area contributed by atoms with Crippen molar-refractivity contribution in [2.45, 2.75) is 19.8 Å². The highest BCUT2D eigenvalue weighted by atomic mass is 79.9. The minimum atomic E-state index is -0.774. The molecule has 106 valence electrons. The van der Waals surface area contributed by atoms with Crippen molar-refractivity contribution in [2.24, 2.45) is 13.0 Å². The van der Waals surface area contributed by atoms with Crippen LogP contribution in [0.3, 0.4) is 0 Å². The molecule has 2 rings (SSSR count). The van der Waals surface area contributed by atoms with E-state index in [1.54, 1.807) is 4.68 Å². The molecular formula is C15H17BrN2O2. The fourth-order valence-corrected chi connectivity index (χ4v) is 2.75. The quantitative estimate of drug-likeness (QED) is 0.913. The van der Waals surface area contributed by atoms with E-state index in [-0.39, 0.29) is 0 Å². The van der Waals surface area contributed by atoms with E-state index in [0.29, 0.717) is 12.8 Å². The third kappa shape index (κ3) is 3.70. The molecule has 2 aromatic rings. The van der Waals surface area contributed by atoms with Crippen LogP contribution >= 0.6 is 15.9 Å². The molecule has 0 saturated heterocycles. The molecule has 1 aromatic heterocycles. The molecule has 0 saturated carbocycles. The Morgan fingerprint density at radius 3 is 2.70 bits per heavy atom. The molecule has 0 bridgehead atoms. The standard InChI is InChI=1S/C15H17BrN2O2/c1-10-6-14(18(2)17-10)9-12(15(19)20)7-11-4-3-5-13(16)8-11/h3-6,8,12H,7,9H2,1-2H3,(H,19,20). The van der Waals surface area contributed by atoms with Gasteiger partial charge in [0, 0.05) is 23.6 Å². The lowest BCUT2D eigenvalue weighted by Gasteiger charge is -2.12. The van der Waals surface area contributed by atoms with Gasteiger partial charge in [0.05, 0.1) is 11.6 Å². The van der Waals surface area contributed by atoms with Crippen molar-refractivity contribution in [3.63, 3.8) is 0 Å². The van der Waals surface area contributed by atoms with E-state index < -0.39 is 11.9 Å². The van der Waals surface area contributed by atoms with E-state index in [9.17, 15) is 9.90 Å². The summed E-state index contributed by atoms with van der Waals surface area (Å²) in [5.74, 6) is -1.22. The van der Waals surface area contributed by atoms with Gasteiger partial charge in [0.1, 0.15) is 0 Å². The van der Waals surface area contributed by atoms with E-state index in [2.05, 4.69) is 21.0 Å². The molecule has 1 unspecified atom stereocenters. The number of halogens is 1. The predicted molar refractivity (Wildman–Crippen MR) is 80.6 cm³/mol. The van der Waals surface area contributed by atoms with E-state index in [1.807, 2.05) is 44.3 Å². The van der Waals surface area contributed by atoms with Crippen molar-refractivity contribution in [1.29, 1.82) is 0 Å². The predicted octanol–water partition coefficient (Wildman–Crippen LogP) is 2.98. The average molecular weight is 337 g/mol. The van der Waals surface area contributed by atoms with Crippen molar-refractivity contribution in [1.82, 2.24) is 9.78 Å². The van der Waals surface area contributed by atoms with Gasteiger partial charge in [-0.2, -0.15) is 5.10 Å². The number of carbonyl (C=O) groups is 1. The highest BCUT2D eigenvalue weighted by Crippen LogP contribution is 2.18. The van der Waals surface area contributed by atoms with Crippen LogP contribution in [0.15, 0.2) is 34.8 Å². The summed E-state index contributed by atoms with van der Waals surface area (Å²) in [7, 11) is 1.85. The van der Waals surface area contributed by atoms with E-state index in [4.69, 9.17) is 0 Å². The largest absolute Gasteiger partial charge is 0.481 e. The second-order valence-electron chi connectivity index (χ2n) is 4.97. The van der Waals surface area contributed by atoms with Crippen molar-refractivity contribution < 1.29 is 9.90 Å². The summed E-state index contributed by atoms with van der Waals surface area (Å²) in [5, 5.41) is 13.7. The van der Waals surface area contributed by atoms with Crippen LogP contribution in [0.1, 0.15) is 17.0 Å². The number of hydrogen-bond acceptors (Lipinski definition) is 2. The van der Waals surface area contributed by atoms with Gasteiger partial charge in [-0.05, 0) is 37.1 Å². The van der Waals surface area contributed by atoms with Crippen LogP contribution in [0, 0.1) is 12.8 Å². The SMILES string of the molecule is Cc1cc(CC(Cc2cccc(Br)c2)C(=O)O)n(C)n1. The highest BCUT2D eigenvalue weighted by molar-refractivity contribution is 9.10. The second-order valence-corrected chi connectivity index (χ2v) is 5.89. The molecule has 0 aliphatic carbocycles. The zero-order chi connectivity index (χ0) is 14.7. The Hall–Kier alpha value is -1.62. The van der Waals surface area contributed by atoms with Crippen molar-refractivity contribution in [3.8, 4) is 0 Å². The van der Waals surface area contributed by atoms with Crippen LogP contribution < -0.4 is 0 Å². The Labute approximate surface area is 126 Å². The smallest absolute Gasteiger partial charge is 0.307 e. The van der Waals surface area contributed by atoms with Gasteiger partial charge in [-0.15, -0.1) is 0 Å². The van der Waals surface area contributed by atoms with Crippen LogP contribution in [0.4, 0.5) is 0 Å². The summed E-state index contributed by atoms with van der Waals surface area (Å²) < 4.78 is 2.72. The zero-order valence-corrected chi connectivity index (χ0v) is 13.1. The number of aryl methyl sites for hydroxylation is 2. The van der Waals surface area contributed by atoms with Crippen LogP contribution in [0.25, 0.3) is 0 Å². The lowest BCUT2D eigenvalue weighted by Crippen LogP contribution is -2.20. The molecule has 20 heavy (non-hydrogen) atoms. The van der Waals surface area contributed by atoms with Gasteiger partial charge in [-0.1, -0.05) is 28.1 Å². The van der Waals surface area contributed by atoms with Gasteiger partial charge in [0.15, 0.2) is 0 Å². The Kier molecular flexibility index (Phi) is 4.60. The first-order valence-electron chi connectivity index (χ1n) is 6.42. The van der Waals surface area contributed by atoms with Crippen LogP contribution in [-0.2, 0) is 24.7 Å². The monoisotopic (exact) mass is 336 g/mol. The summed E-state index contributed by atoms with van der Waals surface area (Å²) in [5.41, 5.74) is 2.88. The molecule has 1 heterocycles. The number of benzene rings is 1. The molecule has 0 spiro atoms. The fourth-order valence-electron chi connectivity index (χ4n) is 2.30. The van der Waals surface area contributed by atoms with E-state index in [0.717, 1.165) is 21.4 Å².